The molecule has 0 atom stereocenters. The molecule has 2 heterocycles. The fourth-order valence-electron chi connectivity index (χ4n) is 4.00. The predicted molar refractivity (Wildman–Crippen MR) is 107 cm³/mol. The molecule has 1 amide bonds. The summed E-state index contributed by atoms with van der Waals surface area (Å²) in [5.41, 5.74) is 7.93. The number of hydrogen-bond acceptors (Lipinski definition) is 3. The van der Waals surface area contributed by atoms with Crippen LogP contribution in [0.15, 0.2) is 42.6 Å². The molecular formula is C22H25N3O. The zero-order valence-electron chi connectivity index (χ0n) is 15.7. The van der Waals surface area contributed by atoms with E-state index in [-0.39, 0.29) is 5.91 Å². The standard InChI is InChI=1S/C22H25N3O/c1-4-25-11-10-16-17(15-8-6-5-7-9-15)12-18-20(13-24(2)3)22(26)23-21(18)19(16)14-25/h5-9,12-13H,4,10-11,14H2,1-3H3,(H,23,26)/b20-13-. The highest BCUT2D eigenvalue weighted by Gasteiger charge is 2.32. The summed E-state index contributed by atoms with van der Waals surface area (Å²) in [5, 5.41) is 3.14. The van der Waals surface area contributed by atoms with Crippen molar-refractivity contribution in [3.8, 4) is 11.1 Å². The Kier molecular flexibility index (Phi) is 4.29. The highest BCUT2D eigenvalue weighted by molar-refractivity contribution is 6.32. The smallest absolute Gasteiger partial charge is 0.257 e. The summed E-state index contributed by atoms with van der Waals surface area (Å²) in [6.45, 7) is 5.18. The molecule has 4 rings (SSSR count). The van der Waals surface area contributed by atoms with Gasteiger partial charge in [0.05, 0.1) is 11.3 Å². The largest absolute Gasteiger partial charge is 0.383 e. The summed E-state index contributed by atoms with van der Waals surface area (Å²) in [6.07, 6.45) is 2.94. The van der Waals surface area contributed by atoms with Crippen molar-refractivity contribution in [3.05, 3.63) is 59.3 Å². The summed E-state index contributed by atoms with van der Waals surface area (Å²) in [7, 11) is 3.90. The maximum atomic E-state index is 12.6. The van der Waals surface area contributed by atoms with Crippen LogP contribution in [-0.4, -0.2) is 42.9 Å². The average Bonchev–Trinajstić information content (AvgIpc) is 2.96. The van der Waals surface area contributed by atoms with E-state index in [0.717, 1.165) is 42.9 Å². The van der Waals surface area contributed by atoms with Crippen molar-refractivity contribution in [1.29, 1.82) is 0 Å². The Labute approximate surface area is 155 Å². The van der Waals surface area contributed by atoms with E-state index in [4.69, 9.17) is 0 Å². The molecule has 0 saturated heterocycles. The third-order valence-corrected chi connectivity index (χ3v) is 5.30. The molecular weight excluding hydrogens is 322 g/mol. The molecule has 2 aliphatic heterocycles. The second kappa shape index (κ2) is 6.61. The lowest BCUT2D eigenvalue weighted by Crippen LogP contribution is -2.31. The molecule has 2 aromatic carbocycles. The van der Waals surface area contributed by atoms with Gasteiger partial charge in [-0.1, -0.05) is 37.3 Å². The minimum absolute atomic E-state index is 0.00488. The second-order valence-electron chi connectivity index (χ2n) is 7.25. The molecule has 0 aliphatic carbocycles. The number of carbonyl (C=O) groups is 1. The molecule has 134 valence electrons. The predicted octanol–water partition coefficient (Wildman–Crippen LogP) is 3.59. The monoisotopic (exact) mass is 347 g/mol. The van der Waals surface area contributed by atoms with Gasteiger partial charge < -0.3 is 10.2 Å². The van der Waals surface area contributed by atoms with Crippen molar-refractivity contribution in [2.75, 3.05) is 32.5 Å². The van der Waals surface area contributed by atoms with Gasteiger partial charge in [-0.2, -0.15) is 0 Å². The fourth-order valence-corrected chi connectivity index (χ4v) is 4.00. The van der Waals surface area contributed by atoms with E-state index < -0.39 is 0 Å². The van der Waals surface area contributed by atoms with Crippen LogP contribution in [0.4, 0.5) is 5.69 Å². The molecule has 2 aliphatic rings. The zero-order valence-corrected chi connectivity index (χ0v) is 15.7. The minimum Gasteiger partial charge on any atom is -0.383 e. The first-order valence-corrected chi connectivity index (χ1v) is 9.25. The Hall–Kier alpha value is -2.59. The first-order valence-electron chi connectivity index (χ1n) is 9.25. The molecule has 0 spiro atoms. The Morgan fingerprint density at radius 1 is 1.15 bits per heavy atom. The van der Waals surface area contributed by atoms with Gasteiger partial charge in [-0.3, -0.25) is 9.69 Å². The van der Waals surface area contributed by atoms with Crippen LogP contribution >= 0.6 is 0 Å². The summed E-state index contributed by atoms with van der Waals surface area (Å²) in [6, 6.07) is 12.7. The molecule has 0 fully saturated rings. The van der Waals surface area contributed by atoms with E-state index in [2.05, 4.69) is 47.5 Å². The molecule has 0 radical (unpaired) electrons. The SMILES string of the molecule is CCN1CCc2c(-c3ccccc3)cc3c(c2C1)NC(=O)/C3=C\N(C)C. The maximum Gasteiger partial charge on any atom is 0.257 e. The number of likely N-dealkylation sites (N-methyl/N-ethyl adjacent to an activating group) is 1. The average molecular weight is 347 g/mol. The second-order valence-corrected chi connectivity index (χ2v) is 7.25. The van der Waals surface area contributed by atoms with E-state index in [1.54, 1.807) is 0 Å². The third kappa shape index (κ3) is 2.80. The van der Waals surface area contributed by atoms with Crippen molar-refractivity contribution >= 4 is 17.2 Å². The summed E-state index contributed by atoms with van der Waals surface area (Å²) in [5.74, 6) is -0.00488. The van der Waals surface area contributed by atoms with E-state index in [1.165, 1.54) is 22.3 Å². The van der Waals surface area contributed by atoms with Gasteiger partial charge in [0.25, 0.3) is 5.91 Å². The first kappa shape index (κ1) is 16.9. The van der Waals surface area contributed by atoms with Crippen LogP contribution < -0.4 is 5.32 Å². The Bertz CT molecular complexity index is 884. The summed E-state index contributed by atoms with van der Waals surface area (Å²) in [4.78, 5) is 17.0. The molecule has 4 nitrogen and oxygen atoms in total. The van der Waals surface area contributed by atoms with Gasteiger partial charge in [0, 0.05) is 38.9 Å². The number of amides is 1. The fraction of sp³-hybridized carbons (Fsp3) is 0.318. The lowest BCUT2D eigenvalue weighted by Gasteiger charge is -2.31. The number of carbonyl (C=O) groups excluding carboxylic acids is 1. The lowest BCUT2D eigenvalue weighted by atomic mass is 9.86. The van der Waals surface area contributed by atoms with E-state index in [0.29, 0.717) is 0 Å². The zero-order chi connectivity index (χ0) is 18.3. The Balaban J connectivity index is 1.95. The van der Waals surface area contributed by atoms with Gasteiger partial charge in [0.15, 0.2) is 0 Å². The van der Waals surface area contributed by atoms with Gasteiger partial charge in [-0.25, -0.2) is 0 Å². The van der Waals surface area contributed by atoms with Crippen molar-refractivity contribution < 1.29 is 4.79 Å². The third-order valence-electron chi connectivity index (χ3n) is 5.30. The van der Waals surface area contributed by atoms with Crippen LogP contribution in [0.1, 0.15) is 23.6 Å². The molecule has 0 bridgehead atoms. The van der Waals surface area contributed by atoms with Crippen molar-refractivity contribution in [2.45, 2.75) is 19.9 Å². The van der Waals surface area contributed by atoms with Crippen LogP contribution in [0.2, 0.25) is 0 Å². The van der Waals surface area contributed by atoms with Crippen molar-refractivity contribution in [2.24, 2.45) is 0 Å². The van der Waals surface area contributed by atoms with Gasteiger partial charge in [0.2, 0.25) is 0 Å². The van der Waals surface area contributed by atoms with Crippen LogP contribution in [0.5, 0.6) is 0 Å². The number of anilines is 1. The summed E-state index contributed by atoms with van der Waals surface area (Å²) < 4.78 is 0. The Morgan fingerprint density at radius 3 is 2.62 bits per heavy atom. The van der Waals surface area contributed by atoms with Gasteiger partial charge in [-0.05, 0) is 41.3 Å². The molecule has 1 N–H and O–H groups in total. The highest BCUT2D eigenvalue weighted by atomic mass is 16.2. The lowest BCUT2D eigenvalue weighted by molar-refractivity contribution is -0.110. The first-order chi connectivity index (χ1) is 12.6. The van der Waals surface area contributed by atoms with Gasteiger partial charge >= 0.3 is 0 Å². The number of hydrogen-bond donors (Lipinski definition) is 1. The van der Waals surface area contributed by atoms with E-state index in [9.17, 15) is 4.79 Å². The van der Waals surface area contributed by atoms with E-state index >= 15 is 0 Å². The van der Waals surface area contributed by atoms with Crippen LogP contribution in [0.25, 0.3) is 16.7 Å². The minimum atomic E-state index is -0.00488. The molecule has 0 aromatic heterocycles. The normalized spacial score (nSPS) is 17.8. The highest BCUT2D eigenvalue weighted by Crippen LogP contribution is 2.43. The number of fused-ring (bicyclic) bond motifs is 3. The van der Waals surface area contributed by atoms with Crippen LogP contribution in [0, 0.1) is 0 Å². The van der Waals surface area contributed by atoms with Crippen molar-refractivity contribution in [1.82, 2.24) is 9.80 Å². The molecule has 2 aromatic rings. The molecule has 0 unspecified atom stereocenters. The number of nitrogens with zero attached hydrogens (tertiary/aromatic N) is 2. The van der Waals surface area contributed by atoms with Gasteiger partial charge in [0.1, 0.15) is 0 Å². The Morgan fingerprint density at radius 2 is 1.92 bits per heavy atom. The van der Waals surface area contributed by atoms with Crippen molar-refractivity contribution in [3.63, 3.8) is 0 Å². The number of rotatable bonds is 3. The number of nitrogens with one attached hydrogen (secondary N) is 1. The molecule has 0 saturated carbocycles. The van der Waals surface area contributed by atoms with Crippen LogP contribution in [0.3, 0.4) is 0 Å². The number of benzene rings is 2. The van der Waals surface area contributed by atoms with Crippen LogP contribution in [-0.2, 0) is 17.8 Å². The molecule has 26 heavy (non-hydrogen) atoms. The summed E-state index contributed by atoms with van der Waals surface area (Å²) >= 11 is 0. The van der Waals surface area contributed by atoms with Gasteiger partial charge in [-0.15, -0.1) is 0 Å². The van der Waals surface area contributed by atoms with E-state index in [1.807, 2.05) is 31.3 Å². The maximum absolute atomic E-state index is 12.6. The quantitative estimate of drug-likeness (QED) is 0.862. The topological polar surface area (TPSA) is 35.6 Å². The molecule has 4 heteroatoms.